The minimum absolute atomic E-state index is 0.0328. The zero-order valence-electron chi connectivity index (χ0n) is 10.1. The van der Waals surface area contributed by atoms with Gasteiger partial charge >= 0.3 is 6.18 Å². The van der Waals surface area contributed by atoms with E-state index in [1.807, 2.05) is 20.8 Å². The van der Waals surface area contributed by atoms with E-state index < -0.39 is 12.6 Å². The van der Waals surface area contributed by atoms with Crippen LogP contribution in [0.25, 0.3) is 0 Å². The Morgan fingerprint density at radius 2 is 1.81 bits per heavy atom. The summed E-state index contributed by atoms with van der Waals surface area (Å²) in [5, 5.41) is 3.18. The minimum Gasteiger partial charge on any atom is -0.377 e. The highest BCUT2D eigenvalue weighted by Crippen LogP contribution is 2.19. The summed E-state index contributed by atoms with van der Waals surface area (Å²) in [5.41, 5.74) is 0.714. The summed E-state index contributed by atoms with van der Waals surface area (Å²) < 4.78 is 40.2. The number of alkyl halides is 3. The van der Waals surface area contributed by atoms with E-state index in [0.717, 1.165) is 5.57 Å². The highest BCUT2D eigenvalue weighted by atomic mass is 19.4. The van der Waals surface area contributed by atoms with Crippen molar-refractivity contribution in [1.29, 1.82) is 0 Å². The van der Waals surface area contributed by atoms with Gasteiger partial charge in [0.2, 0.25) is 0 Å². The van der Waals surface area contributed by atoms with Crippen molar-refractivity contribution in [2.75, 3.05) is 19.8 Å². The Morgan fingerprint density at radius 1 is 1.25 bits per heavy atom. The van der Waals surface area contributed by atoms with Gasteiger partial charge in [-0.15, -0.1) is 0 Å². The molecule has 0 aliphatic carbocycles. The van der Waals surface area contributed by atoms with Crippen molar-refractivity contribution in [3.63, 3.8) is 0 Å². The molecule has 0 atom stereocenters. The molecule has 0 fully saturated rings. The summed E-state index contributed by atoms with van der Waals surface area (Å²) >= 11 is 0. The van der Waals surface area contributed by atoms with Crippen LogP contribution in [0.15, 0.2) is 12.2 Å². The van der Waals surface area contributed by atoms with Crippen molar-refractivity contribution in [1.82, 2.24) is 5.32 Å². The highest BCUT2D eigenvalue weighted by molar-refractivity contribution is 4.98. The lowest BCUT2D eigenvalue weighted by atomic mass is 10.1. The molecule has 0 rings (SSSR count). The monoisotopic (exact) mass is 239 g/mol. The largest absolute Gasteiger partial charge is 0.391 e. The Bertz CT molecular complexity index is 218. The van der Waals surface area contributed by atoms with Crippen molar-refractivity contribution >= 4 is 0 Å². The molecule has 0 unspecified atom stereocenters. The summed E-state index contributed by atoms with van der Waals surface area (Å²) in [7, 11) is 0. The minimum atomic E-state index is -4.15. The van der Waals surface area contributed by atoms with Gasteiger partial charge in [0.1, 0.15) is 0 Å². The van der Waals surface area contributed by atoms with Crippen LogP contribution in [0.2, 0.25) is 0 Å². The molecule has 0 saturated heterocycles. The van der Waals surface area contributed by atoms with Crippen LogP contribution in [0.1, 0.15) is 27.2 Å². The summed E-state index contributed by atoms with van der Waals surface area (Å²) in [6, 6.07) is 0. The summed E-state index contributed by atoms with van der Waals surface area (Å²) in [6.07, 6.45) is -5.06. The van der Waals surface area contributed by atoms with E-state index in [9.17, 15) is 13.2 Å². The van der Waals surface area contributed by atoms with E-state index in [1.165, 1.54) is 0 Å². The smallest absolute Gasteiger partial charge is 0.377 e. The molecule has 5 heteroatoms. The highest BCUT2D eigenvalue weighted by Gasteiger charge is 2.26. The maximum absolute atomic E-state index is 11.8. The molecule has 1 N–H and O–H groups in total. The molecule has 0 aromatic carbocycles. The topological polar surface area (TPSA) is 21.3 Å². The van der Waals surface area contributed by atoms with Gasteiger partial charge in [-0.2, -0.15) is 13.2 Å². The number of hydrogen-bond donors (Lipinski definition) is 1. The molecule has 0 radical (unpaired) electrons. The summed E-state index contributed by atoms with van der Waals surface area (Å²) in [4.78, 5) is 0. The molecule has 16 heavy (non-hydrogen) atoms. The molecule has 0 aromatic heterocycles. The van der Waals surface area contributed by atoms with Crippen LogP contribution in [0.3, 0.4) is 0 Å². The van der Waals surface area contributed by atoms with Crippen LogP contribution in [-0.4, -0.2) is 31.5 Å². The van der Waals surface area contributed by atoms with Gasteiger partial charge in [0.15, 0.2) is 0 Å². The maximum atomic E-state index is 11.8. The van der Waals surface area contributed by atoms with E-state index in [4.69, 9.17) is 4.74 Å². The van der Waals surface area contributed by atoms with Gasteiger partial charge in [0, 0.05) is 12.1 Å². The van der Waals surface area contributed by atoms with Gasteiger partial charge in [-0.3, -0.25) is 0 Å². The van der Waals surface area contributed by atoms with E-state index in [0.29, 0.717) is 6.54 Å². The molecule has 96 valence electrons. The fourth-order valence-corrected chi connectivity index (χ4v) is 0.846. The lowest BCUT2D eigenvalue weighted by Crippen LogP contribution is -2.37. The van der Waals surface area contributed by atoms with Crippen LogP contribution in [0.5, 0.6) is 0 Å². The van der Waals surface area contributed by atoms with Crippen molar-refractivity contribution in [2.45, 2.75) is 38.9 Å². The van der Waals surface area contributed by atoms with Crippen molar-refractivity contribution < 1.29 is 17.9 Å². The predicted molar refractivity (Wildman–Crippen MR) is 58.4 cm³/mol. The SMILES string of the molecule is C=C(CNC(C)(C)C)COCCC(F)(F)F. The molecular weight excluding hydrogens is 219 g/mol. The lowest BCUT2D eigenvalue weighted by Gasteiger charge is -2.21. The van der Waals surface area contributed by atoms with Crippen LogP contribution in [0, 0.1) is 0 Å². The molecule has 0 aromatic rings. The van der Waals surface area contributed by atoms with Crippen molar-refractivity contribution in [3.8, 4) is 0 Å². The first-order valence-corrected chi connectivity index (χ1v) is 5.16. The first-order valence-electron chi connectivity index (χ1n) is 5.16. The Morgan fingerprint density at radius 3 is 2.25 bits per heavy atom. The summed E-state index contributed by atoms with van der Waals surface area (Å²) in [5.74, 6) is 0. The number of hydrogen-bond acceptors (Lipinski definition) is 2. The van der Waals surface area contributed by atoms with Gasteiger partial charge in [0.25, 0.3) is 0 Å². The second-order valence-electron chi connectivity index (χ2n) is 4.77. The Labute approximate surface area is 94.9 Å². The second kappa shape index (κ2) is 6.25. The van der Waals surface area contributed by atoms with Gasteiger partial charge in [-0.1, -0.05) is 6.58 Å². The number of nitrogens with one attached hydrogen (secondary N) is 1. The van der Waals surface area contributed by atoms with Crippen LogP contribution < -0.4 is 5.32 Å². The number of ether oxygens (including phenoxy) is 1. The van der Waals surface area contributed by atoms with Gasteiger partial charge in [0.05, 0.1) is 19.6 Å². The number of rotatable bonds is 6. The van der Waals surface area contributed by atoms with Crippen molar-refractivity contribution in [3.05, 3.63) is 12.2 Å². The van der Waals surface area contributed by atoms with E-state index in [1.54, 1.807) is 0 Å². The standard InChI is InChI=1S/C11H20F3NO/c1-9(7-15-10(2,3)4)8-16-6-5-11(12,13)14/h15H,1,5-8H2,2-4H3. The van der Waals surface area contributed by atoms with Crippen LogP contribution in [-0.2, 0) is 4.74 Å². The second-order valence-corrected chi connectivity index (χ2v) is 4.77. The first kappa shape index (κ1) is 15.4. The molecule has 0 aliphatic rings. The fraction of sp³-hybridized carbons (Fsp3) is 0.818. The Balaban J connectivity index is 3.52. The molecule has 0 aliphatic heterocycles. The molecule has 2 nitrogen and oxygen atoms in total. The first-order chi connectivity index (χ1) is 7.10. The quantitative estimate of drug-likeness (QED) is 0.568. The van der Waals surface area contributed by atoms with E-state index in [-0.39, 0.29) is 18.8 Å². The predicted octanol–water partition coefficient (Wildman–Crippen LogP) is 2.90. The van der Waals surface area contributed by atoms with Gasteiger partial charge in [-0.25, -0.2) is 0 Å². The fourth-order valence-electron chi connectivity index (χ4n) is 0.846. The van der Waals surface area contributed by atoms with Crippen LogP contribution in [0.4, 0.5) is 13.2 Å². The van der Waals surface area contributed by atoms with Gasteiger partial charge < -0.3 is 10.1 Å². The average Bonchev–Trinajstić information content (AvgIpc) is 2.06. The third-order valence-electron chi connectivity index (χ3n) is 1.70. The Hall–Kier alpha value is -0.550. The third kappa shape index (κ3) is 11.5. The maximum Gasteiger partial charge on any atom is 0.391 e. The Kier molecular flexibility index (Phi) is 6.04. The number of halogens is 3. The molecule has 0 bridgehead atoms. The van der Waals surface area contributed by atoms with Crippen molar-refractivity contribution in [2.24, 2.45) is 0 Å². The molecule has 0 heterocycles. The third-order valence-corrected chi connectivity index (χ3v) is 1.70. The lowest BCUT2D eigenvalue weighted by molar-refractivity contribution is -0.144. The van der Waals surface area contributed by atoms with E-state index in [2.05, 4.69) is 11.9 Å². The average molecular weight is 239 g/mol. The normalized spacial score (nSPS) is 12.9. The molecular formula is C11H20F3NO. The van der Waals surface area contributed by atoms with Gasteiger partial charge in [-0.05, 0) is 26.3 Å². The molecule has 0 amide bonds. The molecule has 0 spiro atoms. The summed E-state index contributed by atoms with van der Waals surface area (Å²) in [6.45, 7) is 10.1. The zero-order chi connectivity index (χ0) is 12.8. The molecule has 0 saturated carbocycles. The van der Waals surface area contributed by atoms with Crippen LogP contribution >= 0.6 is 0 Å². The van der Waals surface area contributed by atoms with E-state index >= 15 is 0 Å². The zero-order valence-corrected chi connectivity index (χ0v) is 10.1.